The Kier molecular flexibility index (Phi) is 2.36. The minimum absolute atomic E-state index is 0.306. The Balaban J connectivity index is 2.05. The zero-order valence-electron chi connectivity index (χ0n) is 7.69. The van der Waals surface area contributed by atoms with Crippen LogP contribution in [0.15, 0.2) is 17.5 Å². The zero-order chi connectivity index (χ0) is 9.26. The van der Waals surface area contributed by atoms with Crippen LogP contribution in [0, 0.1) is 0 Å². The molecule has 1 saturated heterocycles. The number of hydrogen-bond donors (Lipinski definition) is 0. The van der Waals surface area contributed by atoms with E-state index < -0.39 is 0 Å². The monoisotopic (exact) mass is 195 g/mol. The largest absolute Gasteiger partial charge is 0.335 e. The molecule has 1 fully saturated rings. The Labute approximate surface area is 82.2 Å². The quantitative estimate of drug-likeness (QED) is 0.709. The van der Waals surface area contributed by atoms with Crippen molar-refractivity contribution in [1.82, 2.24) is 4.90 Å². The lowest BCUT2D eigenvalue weighted by Gasteiger charge is -2.20. The van der Waals surface area contributed by atoms with Crippen LogP contribution in [0.4, 0.5) is 0 Å². The molecule has 2 nitrogen and oxygen atoms in total. The molecule has 1 aliphatic rings. The summed E-state index contributed by atoms with van der Waals surface area (Å²) in [5, 5.41) is 2.06. The number of thiophene rings is 1. The molecule has 1 aliphatic heterocycles. The van der Waals surface area contributed by atoms with Crippen LogP contribution < -0.4 is 0 Å². The van der Waals surface area contributed by atoms with Gasteiger partial charge < -0.3 is 4.90 Å². The molecule has 0 saturated carbocycles. The number of rotatable bonds is 2. The Hall–Kier alpha value is -0.830. The summed E-state index contributed by atoms with van der Waals surface area (Å²) in [7, 11) is 0. The minimum atomic E-state index is 0.306. The van der Waals surface area contributed by atoms with Crippen LogP contribution in [-0.4, -0.2) is 16.8 Å². The molecular weight excluding hydrogens is 182 g/mol. The summed E-state index contributed by atoms with van der Waals surface area (Å²) in [5.74, 6) is 0.306. The van der Waals surface area contributed by atoms with Crippen molar-refractivity contribution in [2.75, 3.05) is 0 Å². The molecule has 0 N–H and O–H groups in total. The Morgan fingerprint density at radius 1 is 1.69 bits per heavy atom. The summed E-state index contributed by atoms with van der Waals surface area (Å²) in [5.41, 5.74) is 0. The highest BCUT2D eigenvalue weighted by Gasteiger charge is 2.27. The third-order valence-electron chi connectivity index (χ3n) is 2.53. The molecule has 1 aromatic heterocycles. The first-order chi connectivity index (χ1) is 6.27. The van der Waals surface area contributed by atoms with Crippen molar-refractivity contribution in [2.45, 2.75) is 32.4 Å². The topological polar surface area (TPSA) is 20.3 Å². The van der Waals surface area contributed by atoms with Gasteiger partial charge in [-0.1, -0.05) is 6.07 Å². The van der Waals surface area contributed by atoms with Crippen molar-refractivity contribution in [3.05, 3.63) is 22.4 Å². The number of carbonyl (C=O) groups excluding carboxylic acids is 1. The van der Waals surface area contributed by atoms with Gasteiger partial charge in [-0.15, -0.1) is 11.3 Å². The molecule has 0 aromatic carbocycles. The maximum atomic E-state index is 11.4. The zero-order valence-corrected chi connectivity index (χ0v) is 8.51. The van der Waals surface area contributed by atoms with Crippen molar-refractivity contribution in [3.8, 4) is 0 Å². The first-order valence-corrected chi connectivity index (χ1v) is 5.47. The van der Waals surface area contributed by atoms with E-state index >= 15 is 0 Å². The third-order valence-corrected chi connectivity index (χ3v) is 3.40. The second-order valence-corrected chi connectivity index (χ2v) is 4.52. The molecule has 0 aliphatic carbocycles. The number of nitrogens with zero attached hydrogens (tertiary/aromatic N) is 1. The summed E-state index contributed by atoms with van der Waals surface area (Å²) in [6, 6.07) is 4.54. The van der Waals surface area contributed by atoms with Crippen LogP contribution in [0.5, 0.6) is 0 Å². The fourth-order valence-corrected chi connectivity index (χ4v) is 2.39. The van der Waals surface area contributed by atoms with E-state index in [-0.39, 0.29) is 0 Å². The summed E-state index contributed by atoms with van der Waals surface area (Å²) >= 11 is 1.72. The molecule has 1 atom stereocenters. The lowest BCUT2D eigenvalue weighted by Crippen LogP contribution is -2.29. The molecular formula is C10H13NOS. The van der Waals surface area contributed by atoms with Gasteiger partial charge in [0.25, 0.3) is 0 Å². The molecule has 2 rings (SSSR count). The minimum Gasteiger partial charge on any atom is -0.335 e. The smallest absolute Gasteiger partial charge is 0.223 e. The Morgan fingerprint density at radius 3 is 3.08 bits per heavy atom. The highest BCUT2D eigenvalue weighted by Crippen LogP contribution is 2.22. The van der Waals surface area contributed by atoms with Gasteiger partial charge in [0.05, 0.1) is 6.54 Å². The standard InChI is InChI=1S/C10H13NOS/c1-8-4-5-10(12)11(8)7-9-3-2-6-13-9/h2-3,6,8H,4-5,7H2,1H3. The van der Waals surface area contributed by atoms with Gasteiger partial charge in [0.2, 0.25) is 5.91 Å². The molecule has 13 heavy (non-hydrogen) atoms. The third kappa shape index (κ3) is 1.75. The lowest BCUT2D eigenvalue weighted by molar-refractivity contribution is -0.129. The number of likely N-dealkylation sites (tertiary alicyclic amines) is 1. The number of hydrogen-bond acceptors (Lipinski definition) is 2. The highest BCUT2D eigenvalue weighted by atomic mass is 32.1. The Morgan fingerprint density at radius 2 is 2.54 bits per heavy atom. The molecule has 0 radical (unpaired) electrons. The van der Waals surface area contributed by atoms with Gasteiger partial charge in [0.1, 0.15) is 0 Å². The SMILES string of the molecule is CC1CCC(=O)N1Cc1cccs1. The predicted octanol–water partition coefficient (Wildman–Crippen LogP) is 2.26. The van der Waals surface area contributed by atoms with Gasteiger partial charge in [0.15, 0.2) is 0 Å². The van der Waals surface area contributed by atoms with Gasteiger partial charge >= 0.3 is 0 Å². The summed E-state index contributed by atoms with van der Waals surface area (Å²) < 4.78 is 0. The molecule has 3 heteroatoms. The average Bonchev–Trinajstić information content (AvgIpc) is 2.70. The van der Waals surface area contributed by atoms with E-state index in [1.165, 1.54) is 4.88 Å². The normalized spacial score (nSPS) is 22.7. The first kappa shape index (κ1) is 8.75. The van der Waals surface area contributed by atoms with Crippen molar-refractivity contribution in [2.24, 2.45) is 0 Å². The van der Waals surface area contributed by atoms with Crippen LogP contribution >= 0.6 is 11.3 Å². The van der Waals surface area contributed by atoms with Crippen LogP contribution in [0.25, 0.3) is 0 Å². The summed E-state index contributed by atoms with van der Waals surface area (Å²) in [6.45, 7) is 2.93. The van der Waals surface area contributed by atoms with Crippen LogP contribution in [-0.2, 0) is 11.3 Å². The van der Waals surface area contributed by atoms with Crippen molar-refractivity contribution in [3.63, 3.8) is 0 Å². The van der Waals surface area contributed by atoms with Crippen LogP contribution in [0.3, 0.4) is 0 Å². The second kappa shape index (κ2) is 3.50. The van der Waals surface area contributed by atoms with E-state index in [1.54, 1.807) is 11.3 Å². The van der Waals surface area contributed by atoms with E-state index in [1.807, 2.05) is 11.0 Å². The molecule has 2 heterocycles. The molecule has 0 bridgehead atoms. The maximum absolute atomic E-state index is 11.4. The van der Waals surface area contributed by atoms with Gasteiger partial charge in [0, 0.05) is 17.3 Å². The maximum Gasteiger partial charge on any atom is 0.223 e. The highest BCUT2D eigenvalue weighted by molar-refractivity contribution is 7.09. The van der Waals surface area contributed by atoms with Crippen molar-refractivity contribution in [1.29, 1.82) is 0 Å². The van der Waals surface area contributed by atoms with E-state index in [0.29, 0.717) is 11.9 Å². The van der Waals surface area contributed by atoms with Crippen molar-refractivity contribution < 1.29 is 4.79 Å². The first-order valence-electron chi connectivity index (χ1n) is 4.59. The van der Waals surface area contributed by atoms with Gasteiger partial charge in [-0.3, -0.25) is 4.79 Å². The van der Waals surface area contributed by atoms with E-state index in [9.17, 15) is 4.79 Å². The van der Waals surface area contributed by atoms with Crippen LogP contribution in [0.1, 0.15) is 24.6 Å². The van der Waals surface area contributed by atoms with Gasteiger partial charge in [-0.05, 0) is 24.8 Å². The number of amides is 1. The van der Waals surface area contributed by atoms with E-state index in [0.717, 1.165) is 19.4 Å². The molecule has 1 amide bonds. The van der Waals surface area contributed by atoms with E-state index in [4.69, 9.17) is 0 Å². The summed E-state index contributed by atoms with van der Waals surface area (Å²) in [6.07, 6.45) is 1.75. The lowest BCUT2D eigenvalue weighted by atomic mass is 10.2. The van der Waals surface area contributed by atoms with Gasteiger partial charge in [-0.2, -0.15) is 0 Å². The number of carbonyl (C=O) groups is 1. The molecule has 1 unspecified atom stereocenters. The van der Waals surface area contributed by atoms with Gasteiger partial charge in [-0.25, -0.2) is 0 Å². The summed E-state index contributed by atoms with van der Waals surface area (Å²) in [4.78, 5) is 14.7. The predicted molar refractivity (Wildman–Crippen MR) is 53.6 cm³/mol. The average molecular weight is 195 g/mol. The molecule has 0 spiro atoms. The molecule has 1 aromatic rings. The Bertz CT molecular complexity index is 294. The van der Waals surface area contributed by atoms with Crippen LogP contribution in [0.2, 0.25) is 0 Å². The molecule has 70 valence electrons. The van der Waals surface area contributed by atoms with E-state index in [2.05, 4.69) is 18.4 Å². The fourth-order valence-electron chi connectivity index (χ4n) is 1.69. The van der Waals surface area contributed by atoms with Crippen molar-refractivity contribution >= 4 is 17.2 Å². The fraction of sp³-hybridized carbons (Fsp3) is 0.500. The second-order valence-electron chi connectivity index (χ2n) is 3.49.